The molecule has 0 atom stereocenters. The van der Waals surface area contributed by atoms with Crippen molar-refractivity contribution in [3.63, 3.8) is 0 Å². The molecule has 0 fully saturated rings. The van der Waals surface area contributed by atoms with Gasteiger partial charge in [0, 0.05) is 10.5 Å². The van der Waals surface area contributed by atoms with Gasteiger partial charge in [-0.15, -0.1) is 11.8 Å². The molecule has 1 heterocycles. The average molecular weight is 312 g/mol. The minimum atomic E-state index is -0.492. The van der Waals surface area contributed by atoms with Crippen molar-refractivity contribution >= 4 is 35.2 Å². The molecule has 0 bridgehead atoms. The molecule has 2 aromatic rings. The highest BCUT2D eigenvalue weighted by atomic mass is 32.2. The van der Waals surface area contributed by atoms with Crippen LogP contribution in [-0.4, -0.2) is 24.0 Å². The van der Waals surface area contributed by atoms with Gasteiger partial charge in [0.05, 0.1) is 16.8 Å². The topological polar surface area (TPSA) is 75.3 Å². The first-order valence-corrected chi connectivity index (χ1v) is 7.76. The molecule has 6 heteroatoms. The molecule has 2 N–H and O–H groups in total. The van der Waals surface area contributed by atoms with E-state index in [-0.39, 0.29) is 17.0 Å². The Morgan fingerprint density at radius 3 is 2.45 bits per heavy atom. The number of fused-ring (bicyclic) bond motifs is 1. The Bertz CT molecular complexity index is 784. The fourth-order valence-corrected chi connectivity index (χ4v) is 2.67. The van der Waals surface area contributed by atoms with E-state index in [0.717, 1.165) is 4.90 Å². The predicted molar refractivity (Wildman–Crippen MR) is 84.4 cm³/mol. The van der Waals surface area contributed by atoms with Crippen molar-refractivity contribution in [1.82, 2.24) is 5.32 Å². The summed E-state index contributed by atoms with van der Waals surface area (Å²) < 4.78 is 0. The molecule has 1 aliphatic heterocycles. The van der Waals surface area contributed by atoms with Crippen LogP contribution >= 0.6 is 11.8 Å². The quantitative estimate of drug-likeness (QED) is 0.674. The molecule has 0 spiro atoms. The maximum Gasteiger partial charge on any atom is 0.261 e. The van der Waals surface area contributed by atoms with E-state index in [1.807, 2.05) is 18.4 Å². The lowest BCUT2D eigenvalue weighted by molar-refractivity contribution is 0.0879. The zero-order valence-corrected chi connectivity index (χ0v) is 12.5. The molecule has 1 aliphatic rings. The number of hydrogen-bond acceptors (Lipinski definition) is 4. The molecule has 110 valence electrons. The fourth-order valence-electron chi connectivity index (χ4n) is 2.26. The summed E-state index contributed by atoms with van der Waals surface area (Å²) in [5.41, 5.74) is 1.31. The molecular weight excluding hydrogens is 300 g/mol. The third-order valence-corrected chi connectivity index (χ3v) is 4.11. The Hall–Kier alpha value is -2.60. The van der Waals surface area contributed by atoms with Crippen molar-refractivity contribution < 1.29 is 14.4 Å². The number of rotatable bonds is 3. The number of carbonyl (C=O) groups excluding carboxylic acids is 3. The van der Waals surface area contributed by atoms with Gasteiger partial charge in [0.15, 0.2) is 0 Å². The highest BCUT2D eigenvalue weighted by Gasteiger charge is 2.29. The van der Waals surface area contributed by atoms with E-state index in [0.29, 0.717) is 11.3 Å². The van der Waals surface area contributed by atoms with Gasteiger partial charge in [-0.05, 0) is 42.7 Å². The standard InChI is InChI=1S/C16H12N2O3S/c1-22-10-7-5-9(6-8-10)14(19)17-12-4-2-3-11-13(12)16(21)18-15(11)20/h2-8H,1H3,(H,17,19)(H,18,20,21). The number of imide groups is 1. The van der Waals surface area contributed by atoms with Gasteiger partial charge in [0.1, 0.15) is 0 Å². The highest BCUT2D eigenvalue weighted by Crippen LogP contribution is 2.25. The highest BCUT2D eigenvalue weighted by molar-refractivity contribution is 7.98. The SMILES string of the molecule is CSc1ccc(C(=O)Nc2cccc3c2C(=O)NC3=O)cc1. The molecule has 0 radical (unpaired) electrons. The number of benzene rings is 2. The molecule has 5 nitrogen and oxygen atoms in total. The maximum atomic E-state index is 12.3. The third kappa shape index (κ3) is 2.48. The predicted octanol–water partition coefficient (Wildman–Crippen LogP) is 2.54. The zero-order chi connectivity index (χ0) is 15.7. The molecule has 0 saturated carbocycles. The summed E-state index contributed by atoms with van der Waals surface area (Å²) in [5, 5.41) is 4.91. The van der Waals surface area contributed by atoms with Gasteiger partial charge in [0.25, 0.3) is 17.7 Å². The summed E-state index contributed by atoms with van der Waals surface area (Å²) in [6.45, 7) is 0. The summed E-state index contributed by atoms with van der Waals surface area (Å²) in [7, 11) is 0. The zero-order valence-electron chi connectivity index (χ0n) is 11.7. The summed E-state index contributed by atoms with van der Waals surface area (Å²) in [4.78, 5) is 36.7. The first kappa shape index (κ1) is 14.3. The number of hydrogen-bond donors (Lipinski definition) is 2. The van der Waals surface area contributed by atoms with Crippen molar-refractivity contribution in [2.45, 2.75) is 4.90 Å². The van der Waals surface area contributed by atoms with Crippen molar-refractivity contribution in [1.29, 1.82) is 0 Å². The molecular formula is C16H12N2O3S. The summed E-state index contributed by atoms with van der Waals surface area (Å²) in [5.74, 6) is -1.26. The van der Waals surface area contributed by atoms with Gasteiger partial charge < -0.3 is 5.32 Å². The average Bonchev–Trinajstić information content (AvgIpc) is 2.83. The van der Waals surface area contributed by atoms with Crippen molar-refractivity contribution in [2.24, 2.45) is 0 Å². The van der Waals surface area contributed by atoms with Crippen LogP contribution < -0.4 is 10.6 Å². The Balaban J connectivity index is 1.89. The van der Waals surface area contributed by atoms with E-state index < -0.39 is 11.8 Å². The minimum Gasteiger partial charge on any atom is -0.321 e. The third-order valence-electron chi connectivity index (χ3n) is 3.36. The van der Waals surface area contributed by atoms with Gasteiger partial charge in [0.2, 0.25) is 0 Å². The second kappa shape index (κ2) is 5.65. The lowest BCUT2D eigenvalue weighted by Gasteiger charge is -2.08. The largest absolute Gasteiger partial charge is 0.321 e. The van der Waals surface area contributed by atoms with Crippen LogP contribution in [0.1, 0.15) is 31.1 Å². The maximum absolute atomic E-state index is 12.3. The molecule has 0 saturated heterocycles. The van der Waals surface area contributed by atoms with Gasteiger partial charge in [-0.25, -0.2) is 0 Å². The van der Waals surface area contributed by atoms with E-state index in [9.17, 15) is 14.4 Å². The van der Waals surface area contributed by atoms with Gasteiger partial charge in [-0.3, -0.25) is 19.7 Å². The van der Waals surface area contributed by atoms with Gasteiger partial charge >= 0.3 is 0 Å². The minimum absolute atomic E-state index is 0.210. The monoisotopic (exact) mass is 312 g/mol. The van der Waals surface area contributed by atoms with Crippen LogP contribution in [0.2, 0.25) is 0 Å². The summed E-state index contributed by atoms with van der Waals surface area (Å²) in [6, 6.07) is 11.9. The summed E-state index contributed by atoms with van der Waals surface area (Å²) in [6.07, 6.45) is 1.96. The number of carbonyl (C=O) groups is 3. The second-order valence-corrected chi connectivity index (χ2v) is 5.57. The van der Waals surface area contributed by atoms with Crippen molar-refractivity contribution in [3.8, 4) is 0 Å². The second-order valence-electron chi connectivity index (χ2n) is 4.69. The number of nitrogens with one attached hydrogen (secondary N) is 2. The number of amides is 3. The number of thioether (sulfide) groups is 1. The Morgan fingerprint density at radius 2 is 1.77 bits per heavy atom. The Labute approximate surface area is 131 Å². The van der Waals surface area contributed by atoms with Crippen LogP contribution in [0.4, 0.5) is 5.69 Å². The van der Waals surface area contributed by atoms with Crippen molar-refractivity contribution in [2.75, 3.05) is 11.6 Å². The van der Waals surface area contributed by atoms with E-state index >= 15 is 0 Å². The molecule has 3 amide bonds. The smallest absolute Gasteiger partial charge is 0.261 e. The van der Waals surface area contributed by atoms with Crippen molar-refractivity contribution in [3.05, 3.63) is 59.2 Å². The van der Waals surface area contributed by atoms with Gasteiger partial charge in [-0.2, -0.15) is 0 Å². The van der Waals surface area contributed by atoms with E-state index in [1.54, 1.807) is 42.1 Å². The molecule has 0 unspecified atom stereocenters. The molecule has 2 aromatic carbocycles. The van der Waals surface area contributed by atoms with Crippen LogP contribution in [0.25, 0.3) is 0 Å². The Kier molecular flexibility index (Phi) is 3.68. The van der Waals surface area contributed by atoms with Crippen LogP contribution in [-0.2, 0) is 0 Å². The van der Waals surface area contributed by atoms with E-state index in [1.165, 1.54) is 0 Å². The number of anilines is 1. The van der Waals surface area contributed by atoms with Crippen LogP contribution in [0.5, 0.6) is 0 Å². The molecule has 3 rings (SSSR count). The normalized spacial score (nSPS) is 12.8. The molecule has 0 aromatic heterocycles. The lowest BCUT2D eigenvalue weighted by atomic mass is 10.1. The van der Waals surface area contributed by atoms with Crippen LogP contribution in [0.15, 0.2) is 47.4 Å². The first-order chi connectivity index (χ1) is 10.6. The molecule has 22 heavy (non-hydrogen) atoms. The van der Waals surface area contributed by atoms with E-state index in [4.69, 9.17) is 0 Å². The Morgan fingerprint density at radius 1 is 1.05 bits per heavy atom. The van der Waals surface area contributed by atoms with Gasteiger partial charge in [-0.1, -0.05) is 6.07 Å². The first-order valence-electron chi connectivity index (χ1n) is 6.54. The summed E-state index contributed by atoms with van der Waals surface area (Å²) >= 11 is 1.59. The lowest BCUT2D eigenvalue weighted by Crippen LogP contribution is -2.20. The van der Waals surface area contributed by atoms with E-state index in [2.05, 4.69) is 10.6 Å². The molecule has 0 aliphatic carbocycles. The van der Waals surface area contributed by atoms with Crippen LogP contribution in [0.3, 0.4) is 0 Å². The van der Waals surface area contributed by atoms with Crippen LogP contribution in [0, 0.1) is 0 Å². The fraction of sp³-hybridized carbons (Fsp3) is 0.0625.